The molecule has 18 heavy (non-hydrogen) atoms. The number of hydrogen-bond acceptors (Lipinski definition) is 5. The van der Waals surface area contributed by atoms with Crippen molar-refractivity contribution in [2.45, 2.75) is 6.04 Å². The Labute approximate surface area is 117 Å². The van der Waals surface area contributed by atoms with E-state index in [-0.39, 0.29) is 11.9 Å². The third-order valence-corrected chi connectivity index (χ3v) is 4.32. The smallest absolute Gasteiger partial charge is 0.286 e. The first-order valence-electron chi connectivity index (χ1n) is 5.39. The van der Waals surface area contributed by atoms with Gasteiger partial charge in [0.2, 0.25) is 5.90 Å². The van der Waals surface area contributed by atoms with Crippen LogP contribution in [0, 0.1) is 0 Å². The summed E-state index contributed by atoms with van der Waals surface area (Å²) in [6.07, 6.45) is 0. The number of halogens is 1. The monoisotopic (exact) mass is 324 g/mol. The molecule has 0 aromatic heterocycles. The Morgan fingerprint density at radius 3 is 2.94 bits per heavy atom. The molecule has 0 bridgehead atoms. The van der Waals surface area contributed by atoms with Crippen LogP contribution in [0.15, 0.2) is 39.6 Å². The number of fused-ring (bicyclic) bond motifs is 1. The minimum absolute atomic E-state index is 0.0649. The molecule has 2 heterocycles. The molecule has 0 N–H and O–H groups in total. The van der Waals surface area contributed by atoms with Crippen molar-refractivity contribution in [2.75, 3.05) is 11.6 Å². The number of ether oxygens (including phenoxy) is 1. The molecule has 2 fully saturated rings. The molecule has 0 amide bonds. The van der Waals surface area contributed by atoms with Crippen molar-refractivity contribution in [1.29, 1.82) is 0 Å². The van der Waals surface area contributed by atoms with Crippen molar-refractivity contribution < 1.29 is 9.53 Å². The molecule has 2 saturated heterocycles. The van der Waals surface area contributed by atoms with E-state index in [0.717, 1.165) is 21.8 Å². The summed E-state index contributed by atoms with van der Waals surface area (Å²) < 4.78 is 6.46. The van der Waals surface area contributed by atoms with Gasteiger partial charge in [0.05, 0.1) is 11.6 Å². The van der Waals surface area contributed by atoms with Gasteiger partial charge in [-0.05, 0) is 24.3 Å². The predicted octanol–water partition coefficient (Wildman–Crippen LogP) is 2.56. The van der Waals surface area contributed by atoms with Gasteiger partial charge in [-0.3, -0.25) is 0 Å². The Balaban J connectivity index is 1.92. The van der Waals surface area contributed by atoms with Crippen molar-refractivity contribution in [3.63, 3.8) is 0 Å². The number of nitrogens with zero attached hydrogens (tertiary/aromatic N) is 2. The SMILES string of the molecule is O=C=C1OC(=Nc2ccc(Br)cc2)C2CSCN12. The van der Waals surface area contributed by atoms with E-state index in [1.165, 1.54) is 0 Å². The van der Waals surface area contributed by atoms with Gasteiger partial charge in [-0.25, -0.2) is 9.79 Å². The van der Waals surface area contributed by atoms with E-state index in [0.29, 0.717) is 5.90 Å². The second kappa shape index (κ2) is 4.80. The first-order chi connectivity index (χ1) is 8.78. The van der Waals surface area contributed by atoms with Crippen molar-refractivity contribution in [3.05, 3.63) is 34.6 Å². The quantitative estimate of drug-likeness (QED) is 0.744. The van der Waals surface area contributed by atoms with Crippen LogP contribution in [-0.2, 0) is 9.53 Å². The molecule has 0 aliphatic carbocycles. The molecule has 1 aromatic carbocycles. The van der Waals surface area contributed by atoms with Gasteiger partial charge in [-0.15, -0.1) is 11.8 Å². The highest BCUT2D eigenvalue weighted by Crippen LogP contribution is 2.33. The van der Waals surface area contributed by atoms with E-state index >= 15 is 0 Å². The van der Waals surface area contributed by atoms with Gasteiger partial charge in [0.1, 0.15) is 6.04 Å². The molecule has 1 aromatic rings. The van der Waals surface area contributed by atoms with Gasteiger partial charge < -0.3 is 9.64 Å². The number of benzene rings is 1. The molecule has 4 nitrogen and oxygen atoms in total. The average Bonchev–Trinajstić information content (AvgIpc) is 2.95. The van der Waals surface area contributed by atoms with E-state index < -0.39 is 0 Å². The highest BCUT2D eigenvalue weighted by Gasteiger charge is 2.41. The maximum absolute atomic E-state index is 10.8. The lowest BCUT2D eigenvalue weighted by atomic mass is 10.3. The number of aliphatic imine (C=N–C) groups is 1. The van der Waals surface area contributed by atoms with Crippen LogP contribution in [0.25, 0.3) is 0 Å². The van der Waals surface area contributed by atoms with E-state index in [1.54, 1.807) is 11.8 Å². The Morgan fingerprint density at radius 1 is 1.44 bits per heavy atom. The minimum atomic E-state index is 0.0649. The van der Waals surface area contributed by atoms with Crippen LogP contribution in [0.1, 0.15) is 0 Å². The van der Waals surface area contributed by atoms with Gasteiger partial charge in [0.25, 0.3) is 5.88 Å². The molecule has 0 saturated carbocycles. The molecule has 1 atom stereocenters. The summed E-state index contributed by atoms with van der Waals surface area (Å²) >= 11 is 5.14. The van der Waals surface area contributed by atoms with Crippen molar-refractivity contribution in [2.24, 2.45) is 4.99 Å². The molecule has 92 valence electrons. The van der Waals surface area contributed by atoms with Crippen LogP contribution in [0.3, 0.4) is 0 Å². The number of thioether (sulfide) groups is 1. The summed E-state index contributed by atoms with van der Waals surface area (Å²) in [7, 11) is 0. The fourth-order valence-corrected chi connectivity index (χ4v) is 3.30. The summed E-state index contributed by atoms with van der Waals surface area (Å²) in [5.41, 5.74) is 0.817. The highest BCUT2D eigenvalue weighted by molar-refractivity contribution is 9.10. The number of carbonyl (C=O) groups excluding carboxylic acids is 1. The maximum Gasteiger partial charge on any atom is 0.286 e. The van der Waals surface area contributed by atoms with Crippen molar-refractivity contribution in [1.82, 2.24) is 4.90 Å². The zero-order valence-electron chi connectivity index (χ0n) is 9.30. The molecule has 0 radical (unpaired) electrons. The third-order valence-electron chi connectivity index (χ3n) is 2.78. The van der Waals surface area contributed by atoms with Crippen LogP contribution < -0.4 is 0 Å². The van der Waals surface area contributed by atoms with Gasteiger partial charge in [0, 0.05) is 10.2 Å². The summed E-state index contributed by atoms with van der Waals surface area (Å²) in [6.45, 7) is 0. The summed E-state index contributed by atoms with van der Waals surface area (Å²) in [4.78, 5) is 17.2. The van der Waals surface area contributed by atoms with E-state index in [4.69, 9.17) is 4.74 Å². The molecule has 2 aliphatic heterocycles. The second-order valence-corrected chi connectivity index (χ2v) is 5.84. The lowest BCUT2D eigenvalue weighted by molar-refractivity contribution is 0.315. The molecular formula is C12H9BrN2O2S. The number of rotatable bonds is 1. The zero-order valence-corrected chi connectivity index (χ0v) is 11.7. The fourth-order valence-electron chi connectivity index (χ4n) is 1.89. The topological polar surface area (TPSA) is 41.9 Å². The summed E-state index contributed by atoms with van der Waals surface area (Å²) in [6, 6.07) is 7.71. The van der Waals surface area contributed by atoms with Crippen LogP contribution in [-0.4, -0.2) is 34.4 Å². The molecule has 0 spiro atoms. The van der Waals surface area contributed by atoms with E-state index in [2.05, 4.69) is 20.9 Å². The summed E-state index contributed by atoms with van der Waals surface area (Å²) in [5.74, 6) is 4.31. The Kier molecular flexibility index (Phi) is 3.16. The molecule has 6 heteroatoms. The Bertz CT molecular complexity index is 552. The largest absolute Gasteiger partial charge is 0.414 e. The number of hydrogen-bond donors (Lipinski definition) is 0. The van der Waals surface area contributed by atoms with Gasteiger partial charge in [-0.1, -0.05) is 15.9 Å². The average molecular weight is 325 g/mol. The van der Waals surface area contributed by atoms with E-state index in [1.807, 2.05) is 35.1 Å². The fraction of sp³-hybridized carbons (Fsp3) is 0.250. The maximum atomic E-state index is 10.8. The third kappa shape index (κ3) is 2.07. The standard InChI is InChI=1S/C12H9BrN2O2S/c13-8-1-3-9(4-2-8)14-12-10-6-18-7-15(10)11(5-16)17-12/h1-4,10H,6-7H2. The molecular weight excluding hydrogens is 316 g/mol. The molecule has 1 unspecified atom stereocenters. The van der Waals surface area contributed by atoms with Gasteiger partial charge in [-0.2, -0.15) is 0 Å². The van der Waals surface area contributed by atoms with Crippen molar-refractivity contribution in [3.8, 4) is 0 Å². The van der Waals surface area contributed by atoms with Gasteiger partial charge in [0.15, 0.2) is 5.94 Å². The highest BCUT2D eigenvalue weighted by atomic mass is 79.9. The Hall–Kier alpha value is -1.23. The molecule has 2 aliphatic rings. The van der Waals surface area contributed by atoms with E-state index in [9.17, 15) is 4.79 Å². The van der Waals surface area contributed by atoms with Crippen molar-refractivity contribution >= 4 is 45.2 Å². The first kappa shape index (κ1) is 11.8. The van der Waals surface area contributed by atoms with Crippen LogP contribution in [0.4, 0.5) is 5.69 Å². The first-order valence-corrected chi connectivity index (χ1v) is 7.34. The second-order valence-electron chi connectivity index (χ2n) is 3.92. The lowest BCUT2D eigenvalue weighted by Gasteiger charge is -2.09. The predicted molar refractivity (Wildman–Crippen MR) is 74.5 cm³/mol. The lowest BCUT2D eigenvalue weighted by Crippen LogP contribution is -2.27. The van der Waals surface area contributed by atoms with Crippen LogP contribution in [0.2, 0.25) is 0 Å². The Morgan fingerprint density at radius 2 is 2.22 bits per heavy atom. The molecule has 3 rings (SSSR count). The van der Waals surface area contributed by atoms with Gasteiger partial charge >= 0.3 is 0 Å². The zero-order chi connectivity index (χ0) is 12.5. The minimum Gasteiger partial charge on any atom is -0.414 e. The normalized spacial score (nSPS) is 24.1. The summed E-state index contributed by atoms with van der Waals surface area (Å²) in [5, 5.41) is 0. The van der Waals surface area contributed by atoms with Crippen LogP contribution >= 0.6 is 27.7 Å². The van der Waals surface area contributed by atoms with Crippen LogP contribution in [0.5, 0.6) is 0 Å².